The Morgan fingerprint density at radius 3 is 2.40 bits per heavy atom. The van der Waals surface area contributed by atoms with Gasteiger partial charge in [0.2, 0.25) is 0 Å². The van der Waals surface area contributed by atoms with Gasteiger partial charge in [-0.3, -0.25) is 0 Å². The summed E-state index contributed by atoms with van der Waals surface area (Å²) in [5.41, 5.74) is 10.1. The minimum atomic E-state index is 0.416. The first-order valence-electron chi connectivity index (χ1n) is 6.72. The monoisotopic (exact) mass is 333 g/mol. The van der Waals surface area contributed by atoms with E-state index in [1.54, 1.807) is 0 Å². The summed E-state index contributed by atoms with van der Waals surface area (Å²) in [5, 5.41) is 0. The standard InChI is InChI=1S/C17H20BrNO/c1-10(2)13-6-5-11(3)7-16(13)20-17-8-12(4)15(19)9-14(17)18/h5-10H,19H2,1-4H3. The third kappa shape index (κ3) is 3.15. The van der Waals surface area contributed by atoms with E-state index in [1.807, 2.05) is 19.1 Å². The van der Waals surface area contributed by atoms with Crippen molar-refractivity contribution in [2.75, 3.05) is 5.73 Å². The summed E-state index contributed by atoms with van der Waals surface area (Å²) in [7, 11) is 0. The Labute approximate surface area is 129 Å². The molecule has 0 amide bonds. The zero-order valence-corrected chi connectivity index (χ0v) is 13.9. The van der Waals surface area contributed by atoms with Crippen molar-refractivity contribution in [3.63, 3.8) is 0 Å². The average molecular weight is 334 g/mol. The van der Waals surface area contributed by atoms with Crippen molar-refractivity contribution in [1.29, 1.82) is 0 Å². The molecule has 3 heteroatoms. The van der Waals surface area contributed by atoms with Crippen LogP contribution in [0.25, 0.3) is 0 Å². The summed E-state index contributed by atoms with van der Waals surface area (Å²) < 4.78 is 6.99. The average Bonchev–Trinajstić information content (AvgIpc) is 2.35. The highest BCUT2D eigenvalue weighted by molar-refractivity contribution is 9.10. The number of nitrogen functional groups attached to an aromatic ring is 1. The van der Waals surface area contributed by atoms with Crippen molar-refractivity contribution in [2.24, 2.45) is 0 Å². The largest absolute Gasteiger partial charge is 0.456 e. The van der Waals surface area contributed by atoms with Crippen molar-refractivity contribution in [2.45, 2.75) is 33.6 Å². The first-order valence-corrected chi connectivity index (χ1v) is 7.52. The van der Waals surface area contributed by atoms with Crippen LogP contribution in [0.5, 0.6) is 11.5 Å². The molecule has 0 aliphatic carbocycles. The Hall–Kier alpha value is -1.48. The fraction of sp³-hybridized carbons (Fsp3) is 0.294. The molecule has 2 aromatic carbocycles. The second kappa shape index (κ2) is 5.88. The molecule has 0 saturated heterocycles. The number of anilines is 1. The number of nitrogens with two attached hydrogens (primary N) is 1. The molecule has 0 atom stereocenters. The first kappa shape index (κ1) is 14.9. The maximum Gasteiger partial charge on any atom is 0.142 e. The van der Waals surface area contributed by atoms with Crippen molar-refractivity contribution < 1.29 is 4.74 Å². The highest BCUT2D eigenvalue weighted by Crippen LogP contribution is 2.36. The Kier molecular flexibility index (Phi) is 4.39. The molecule has 0 aliphatic heterocycles. The van der Waals surface area contributed by atoms with Gasteiger partial charge < -0.3 is 10.5 Å². The molecule has 0 aromatic heterocycles. The fourth-order valence-electron chi connectivity index (χ4n) is 2.07. The van der Waals surface area contributed by atoms with E-state index in [0.717, 1.165) is 27.2 Å². The molecule has 0 heterocycles. The second-order valence-corrected chi connectivity index (χ2v) is 6.29. The smallest absolute Gasteiger partial charge is 0.142 e. The first-order chi connectivity index (χ1) is 9.38. The van der Waals surface area contributed by atoms with Crippen LogP contribution >= 0.6 is 15.9 Å². The molecule has 0 radical (unpaired) electrons. The van der Waals surface area contributed by atoms with E-state index in [9.17, 15) is 0 Å². The number of hydrogen-bond acceptors (Lipinski definition) is 2. The highest BCUT2D eigenvalue weighted by Gasteiger charge is 2.12. The van der Waals surface area contributed by atoms with Crippen LogP contribution < -0.4 is 10.5 Å². The molecule has 2 aromatic rings. The molecule has 2 nitrogen and oxygen atoms in total. The number of rotatable bonds is 3. The Morgan fingerprint density at radius 1 is 1.05 bits per heavy atom. The summed E-state index contributed by atoms with van der Waals surface area (Å²) in [6.07, 6.45) is 0. The van der Waals surface area contributed by atoms with Crippen LogP contribution in [0.15, 0.2) is 34.8 Å². The zero-order chi connectivity index (χ0) is 14.9. The van der Waals surface area contributed by atoms with Gasteiger partial charge in [-0.05, 0) is 70.6 Å². The Morgan fingerprint density at radius 2 is 1.75 bits per heavy atom. The predicted molar refractivity (Wildman–Crippen MR) is 88.6 cm³/mol. The summed E-state index contributed by atoms with van der Waals surface area (Å²) in [4.78, 5) is 0. The summed E-state index contributed by atoms with van der Waals surface area (Å²) in [5.74, 6) is 2.12. The molecule has 0 saturated carbocycles. The molecule has 20 heavy (non-hydrogen) atoms. The number of hydrogen-bond donors (Lipinski definition) is 1. The number of ether oxygens (including phenoxy) is 1. The van der Waals surface area contributed by atoms with E-state index < -0.39 is 0 Å². The summed E-state index contributed by atoms with van der Waals surface area (Å²) in [6, 6.07) is 10.2. The van der Waals surface area contributed by atoms with Gasteiger partial charge in [0, 0.05) is 5.69 Å². The molecule has 0 unspecified atom stereocenters. The Bertz CT molecular complexity index is 635. The van der Waals surface area contributed by atoms with Crippen LogP contribution in [0, 0.1) is 13.8 Å². The van der Waals surface area contributed by atoms with Crippen molar-refractivity contribution in [1.82, 2.24) is 0 Å². The molecule has 2 N–H and O–H groups in total. The van der Waals surface area contributed by atoms with Gasteiger partial charge in [-0.15, -0.1) is 0 Å². The van der Waals surface area contributed by atoms with Crippen molar-refractivity contribution >= 4 is 21.6 Å². The lowest BCUT2D eigenvalue weighted by Gasteiger charge is -2.16. The third-order valence-corrected chi connectivity index (χ3v) is 3.95. The van der Waals surface area contributed by atoms with Crippen molar-refractivity contribution in [3.05, 3.63) is 51.5 Å². The maximum absolute atomic E-state index is 6.12. The molecule has 2 rings (SSSR count). The normalized spacial score (nSPS) is 10.9. The van der Waals surface area contributed by atoms with E-state index in [2.05, 4.69) is 54.9 Å². The lowest BCUT2D eigenvalue weighted by molar-refractivity contribution is 0.469. The molecular formula is C17H20BrNO. The molecule has 0 fully saturated rings. The van der Waals surface area contributed by atoms with Crippen LogP contribution in [0.3, 0.4) is 0 Å². The van der Waals surface area contributed by atoms with E-state index in [4.69, 9.17) is 10.5 Å². The molecular weight excluding hydrogens is 314 g/mol. The van der Waals surface area contributed by atoms with Crippen LogP contribution in [-0.4, -0.2) is 0 Å². The van der Waals surface area contributed by atoms with Gasteiger partial charge in [-0.1, -0.05) is 26.0 Å². The van der Waals surface area contributed by atoms with E-state index in [0.29, 0.717) is 5.92 Å². The van der Waals surface area contributed by atoms with Crippen LogP contribution in [-0.2, 0) is 0 Å². The lowest BCUT2D eigenvalue weighted by atomic mass is 10.0. The SMILES string of the molecule is Cc1ccc(C(C)C)c(Oc2cc(C)c(N)cc2Br)c1. The Balaban J connectivity index is 2.44. The van der Waals surface area contributed by atoms with Crippen molar-refractivity contribution in [3.8, 4) is 11.5 Å². The predicted octanol–water partition coefficient (Wildman–Crippen LogP) is 5.56. The number of halogens is 1. The van der Waals surface area contributed by atoms with Crippen LogP contribution in [0.2, 0.25) is 0 Å². The minimum absolute atomic E-state index is 0.416. The molecule has 0 aliphatic rings. The second-order valence-electron chi connectivity index (χ2n) is 5.44. The van der Waals surface area contributed by atoms with Gasteiger partial charge in [-0.25, -0.2) is 0 Å². The molecule has 0 spiro atoms. The van der Waals surface area contributed by atoms with E-state index in [-0.39, 0.29) is 0 Å². The van der Waals surface area contributed by atoms with E-state index in [1.165, 1.54) is 11.1 Å². The number of benzene rings is 2. The lowest BCUT2D eigenvalue weighted by Crippen LogP contribution is -1.97. The highest BCUT2D eigenvalue weighted by atomic mass is 79.9. The number of aryl methyl sites for hydroxylation is 2. The topological polar surface area (TPSA) is 35.2 Å². The maximum atomic E-state index is 6.12. The quantitative estimate of drug-likeness (QED) is 0.746. The zero-order valence-electron chi connectivity index (χ0n) is 12.3. The molecule has 0 bridgehead atoms. The van der Waals surface area contributed by atoms with Gasteiger partial charge in [0.05, 0.1) is 4.47 Å². The minimum Gasteiger partial charge on any atom is -0.456 e. The summed E-state index contributed by atoms with van der Waals surface area (Å²) >= 11 is 3.51. The van der Waals surface area contributed by atoms with E-state index >= 15 is 0 Å². The van der Waals surface area contributed by atoms with Gasteiger partial charge >= 0.3 is 0 Å². The van der Waals surface area contributed by atoms with Gasteiger partial charge in [0.15, 0.2) is 0 Å². The summed E-state index contributed by atoms with van der Waals surface area (Å²) in [6.45, 7) is 8.39. The van der Waals surface area contributed by atoms with Crippen LogP contribution in [0.4, 0.5) is 5.69 Å². The third-order valence-electron chi connectivity index (χ3n) is 3.33. The van der Waals surface area contributed by atoms with Gasteiger partial charge in [-0.2, -0.15) is 0 Å². The fourth-order valence-corrected chi connectivity index (χ4v) is 2.52. The van der Waals surface area contributed by atoms with Gasteiger partial charge in [0.1, 0.15) is 11.5 Å². The molecule has 106 valence electrons. The van der Waals surface area contributed by atoms with Crippen LogP contribution in [0.1, 0.15) is 36.5 Å². The van der Waals surface area contributed by atoms with Gasteiger partial charge in [0.25, 0.3) is 0 Å².